The van der Waals surface area contributed by atoms with E-state index in [0.29, 0.717) is 0 Å². The highest BCUT2D eigenvalue weighted by atomic mass is 16.6. The van der Waals surface area contributed by atoms with E-state index >= 15 is 0 Å². The van der Waals surface area contributed by atoms with Gasteiger partial charge in [-0.25, -0.2) is 4.79 Å². The molecule has 88 valence electrons. The molecule has 0 aliphatic rings. The SMILES string of the molecule is CCCCC(CC)=NC(=O)OC(C)(C)C. The van der Waals surface area contributed by atoms with E-state index in [4.69, 9.17) is 4.74 Å². The number of nitrogens with zero attached hydrogens (tertiary/aromatic N) is 1. The average Bonchev–Trinajstić information content (AvgIpc) is 2.09. The molecule has 0 aliphatic heterocycles. The molecule has 15 heavy (non-hydrogen) atoms. The Morgan fingerprint density at radius 1 is 1.27 bits per heavy atom. The Kier molecular flexibility index (Phi) is 6.21. The summed E-state index contributed by atoms with van der Waals surface area (Å²) < 4.78 is 5.12. The van der Waals surface area contributed by atoms with Gasteiger partial charge in [-0.3, -0.25) is 0 Å². The van der Waals surface area contributed by atoms with Crippen LogP contribution in [0.15, 0.2) is 4.99 Å². The van der Waals surface area contributed by atoms with E-state index in [-0.39, 0.29) is 0 Å². The van der Waals surface area contributed by atoms with Crippen molar-refractivity contribution in [1.29, 1.82) is 0 Å². The fourth-order valence-corrected chi connectivity index (χ4v) is 1.11. The first-order chi connectivity index (χ1) is 6.89. The zero-order valence-electron chi connectivity index (χ0n) is 10.6. The molecule has 0 atom stereocenters. The highest BCUT2D eigenvalue weighted by Crippen LogP contribution is 2.09. The maximum Gasteiger partial charge on any atom is 0.434 e. The lowest BCUT2D eigenvalue weighted by Gasteiger charge is -2.17. The summed E-state index contributed by atoms with van der Waals surface area (Å²) in [6.45, 7) is 9.67. The minimum atomic E-state index is -0.463. The van der Waals surface area contributed by atoms with Gasteiger partial charge in [0.15, 0.2) is 0 Å². The molecule has 0 aromatic heterocycles. The lowest BCUT2D eigenvalue weighted by molar-refractivity contribution is 0.0603. The van der Waals surface area contributed by atoms with Crippen LogP contribution >= 0.6 is 0 Å². The van der Waals surface area contributed by atoms with E-state index in [1.54, 1.807) is 0 Å². The van der Waals surface area contributed by atoms with Crippen molar-refractivity contribution >= 4 is 11.8 Å². The topological polar surface area (TPSA) is 38.7 Å². The van der Waals surface area contributed by atoms with E-state index in [1.807, 2.05) is 27.7 Å². The smallest absolute Gasteiger partial charge is 0.434 e. The first-order valence-corrected chi connectivity index (χ1v) is 5.68. The molecule has 0 N–H and O–H groups in total. The first kappa shape index (κ1) is 14.1. The van der Waals surface area contributed by atoms with Crippen molar-refractivity contribution < 1.29 is 9.53 Å². The van der Waals surface area contributed by atoms with Gasteiger partial charge in [0.25, 0.3) is 0 Å². The zero-order chi connectivity index (χ0) is 11.9. The van der Waals surface area contributed by atoms with Crippen molar-refractivity contribution in [2.24, 2.45) is 4.99 Å². The lowest BCUT2D eigenvalue weighted by atomic mass is 10.1. The third-order valence-electron chi connectivity index (χ3n) is 1.87. The van der Waals surface area contributed by atoms with Crippen molar-refractivity contribution in [3.8, 4) is 0 Å². The monoisotopic (exact) mass is 213 g/mol. The third kappa shape index (κ3) is 8.16. The molecule has 0 aromatic rings. The molecule has 0 radical (unpaired) electrons. The van der Waals surface area contributed by atoms with E-state index in [9.17, 15) is 4.79 Å². The Morgan fingerprint density at radius 2 is 1.87 bits per heavy atom. The van der Waals surface area contributed by atoms with Crippen molar-refractivity contribution in [3.05, 3.63) is 0 Å². The molecule has 0 rings (SSSR count). The molecule has 0 saturated heterocycles. The Hall–Kier alpha value is -0.860. The number of amides is 1. The number of unbranched alkanes of at least 4 members (excludes halogenated alkanes) is 1. The van der Waals surface area contributed by atoms with Crippen LogP contribution in [0.3, 0.4) is 0 Å². The van der Waals surface area contributed by atoms with Crippen molar-refractivity contribution in [1.82, 2.24) is 0 Å². The predicted molar refractivity (Wildman–Crippen MR) is 63.5 cm³/mol. The molecule has 0 heterocycles. The molecule has 0 saturated carbocycles. The summed E-state index contributed by atoms with van der Waals surface area (Å²) in [4.78, 5) is 15.4. The Labute approximate surface area is 92.9 Å². The van der Waals surface area contributed by atoms with Crippen molar-refractivity contribution in [2.45, 2.75) is 65.9 Å². The van der Waals surface area contributed by atoms with E-state index in [1.165, 1.54) is 0 Å². The first-order valence-electron chi connectivity index (χ1n) is 5.68. The molecule has 3 heteroatoms. The molecule has 0 aliphatic carbocycles. The van der Waals surface area contributed by atoms with E-state index in [2.05, 4.69) is 11.9 Å². The molecule has 3 nitrogen and oxygen atoms in total. The van der Waals surface area contributed by atoms with Gasteiger partial charge in [-0.15, -0.1) is 0 Å². The van der Waals surface area contributed by atoms with Gasteiger partial charge < -0.3 is 4.74 Å². The molecule has 0 unspecified atom stereocenters. The van der Waals surface area contributed by atoms with Crippen LogP contribution in [-0.2, 0) is 4.74 Å². The van der Waals surface area contributed by atoms with Gasteiger partial charge in [0, 0.05) is 5.71 Å². The standard InChI is InChI=1S/C12H23NO2/c1-6-8-9-10(7-2)13-11(14)15-12(3,4)5/h6-9H2,1-5H3. The number of carbonyl (C=O) groups is 1. The summed E-state index contributed by atoms with van der Waals surface area (Å²) >= 11 is 0. The fourth-order valence-electron chi connectivity index (χ4n) is 1.11. The Bertz CT molecular complexity index is 226. The molecular weight excluding hydrogens is 190 g/mol. The van der Waals surface area contributed by atoms with Gasteiger partial charge in [-0.2, -0.15) is 4.99 Å². The molecular formula is C12H23NO2. The molecule has 0 bridgehead atoms. The third-order valence-corrected chi connectivity index (χ3v) is 1.87. The largest absolute Gasteiger partial charge is 0.442 e. The van der Waals surface area contributed by atoms with Gasteiger partial charge in [-0.1, -0.05) is 20.3 Å². The van der Waals surface area contributed by atoms with Gasteiger partial charge in [0.05, 0.1) is 0 Å². The second-order valence-corrected chi connectivity index (χ2v) is 4.62. The summed E-state index contributed by atoms with van der Waals surface area (Å²) in [5.74, 6) is 0. The van der Waals surface area contributed by atoms with Gasteiger partial charge in [-0.05, 0) is 40.0 Å². The summed E-state index contributed by atoms with van der Waals surface area (Å²) in [6.07, 6.45) is 3.45. The van der Waals surface area contributed by atoms with Gasteiger partial charge in [0.1, 0.15) is 5.60 Å². The maximum absolute atomic E-state index is 11.4. The summed E-state index contributed by atoms with van der Waals surface area (Å²) in [5, 5.41) is 0. The number of rotatable bonds is 4. The number of hydrogen-bond acceptors (Lipinski definition) is 2. The summed E-state index contributed by atoms with van der Waals surface area (Å²) in [6, 6.07) is 0. The number of aliphatic imine (C=N–C) groups is 1. The van der Waals surface area contributed by atoms with Crippen LogP contribution in [0, 0.1) is 0 Å². The van der Waals surface area contributed by atoms with Crippen molar-refractivity contribution in [3.63, 3.8) is 0 Å². The lowest BCUT2D eigenvalue weighted by Crippen LogP contribution is -2.22. The van der Waals surface area contributed by atoms with Crippen LogP contribution in [0.2, 0.25) is 0 Å². The summed E-state index contributed by atoms with van der Waals surface area (Å²) in [5.41, 5.74) is 0.482. The molecule has 0 spiro atoms. The number of hydrogen-bond donors (Lipinski definition) is 0. The number of ether oxygens (including phenoxy) is 1. The quantitative estimate of drug-likeness (QED) is 0.663. The minimum absolute atomic E-state index is 0.454. The van der Waals surface area contributed by atoms with Gasteiger partial charge >= 0.3 is 6.09 Å². The molecule has 0 aromatic carbocycles. The van der Waals surface area contributed by atoms with Crippen LogP contribution in [0.5, 0.6) is 0 Å². The van der Waals surface area contributed by atoms with Crippen LogP contribution in [0.4, 0.5) is 4.79 Å². The maximum atomic E-state index is 11.4. The van der Waals surface area contributed by atoms with E-state index < -0.39 is 11.7 Å². The fraction of sp³-hybridized carbons (Fsp3) is 0.833. The second kappa shape index (κ2) is 6.59. The van der Waals surface area contributed by atoms with Crippen LogP contribution in [-0.4, -0.2) is 17.4 Å². The highest BCUT2D eigenvalue weighted by molar-refractivity contribution is 5.93. The Morgan fingerprint density at radius 3 is 2.27 bits per heavy atom. The number of carbonyl (C=O) groups excluding carboxylic acids is 1. The normalized spacial score (nSPS) is 12.7. The van der Waals surface area contributed by atoms with Crippen LogP contribution < -0.4 is 0 Å². The zero-order valence-corrected chi connectivity index (χ0v) is 10.6. The minimum Gasteiger partial charge on any atom is -0.442 e. The van der Waals surface area contributed by atoms with Crippen LogP contribution in [0.1, 0.15) is 60.3 Å². The van der Waals surface area contributed by atoms with E-state index in [0.717, 1.165) is 31.4 Å². The molecule has 0 fully saturated rings. The second-order valence-electron chi connectivity index (χ2n) is 4.62. The van der Waals surface area contributed by atoms with Crippen LogP contribution in [0.25, 0.3) is 0 Å². The van der Waals surface area contributed by atoms with Gasteiger partial charge in [0.2, 0.25) is 0 Å². The Balaban J connectivity index is 4.23. The highest BCUT2D eigenvalue weighted by Gasteiger charge is 2.15. The van der Waals surface area contributed by atoms with Crippen molar-refractivity contribution in [2.75, 3.05) is 0 Å². The average molecular weight is 213 g/mol. The summed E-state index contributed by atoms with van der Waals surface area (Å²) in [7, 11) is 0. The molecule has 1 amide bonds. The predicted octanol–water partition coefficient (Wildman–Crippen LogP) is 3.96.